The first-order valence-electron chi connectivity index (χ1n) is 7.47. The van der Waals surface area contributed by atoms with Crippen molar-refractivity contribution in [3.05, 3.63) is 29.8 Å². The van der Waals surface area contributed by atoms with Crippen LogP contribution >= 0.6 is 0 Å². The van der Waals surface area contributed by atoms with E-state index in [1.165, 1.54) is 49.9 Å². The van der Waals surface area contributed by atoms with Crippen LogP contribution in [0.25, 0.3) is 0 Å². The molecule has 1 aromatic carbocycles. The number of hydrogen-bond donors (Lipinski definition) is 1. The molecular weight excluding hydrogens is 220 g/mol. The van der Waals surface area contributed by atoms with Crippen molar-refractivity contribution in [2.75, 3.05) is 11.4 Å². The third-order valence-electron chi connectivity index (χ3n) is 4.85. The fourth-order valence-electron chi connectivity index (χ4n) is 3.60. The lowest BCUT2D eigenvalue weighted by Gasteiger charge is -2.29. The summed E-state index contributed by atoms with van der Waals surface area (Å²) in [5, 5.41) is 3.58. The van der Waals surface area contributed by atoms with Gasteiger partial charge in [0.25, 0.3) is 0 Å². The lowest BCUT2D eigenvalue weighted by atomic mass is 10.1. The molecule has 2 unspecified atom stereocenters. The first-order chi connectivity index (χ1) is 8.88. The summed E-state index contributed by atoms with van der Waals surface area (Å²) < 4.78 is 0. The second-order valence-corrected chi connectivity index (χ2v) is 6.31. The van der Waals surface area contributed by atoms with Crippen molar-refractivity contribution in [1.29, 1.82) is 0 Å². The van der Waals surface area contributed by atoms with Crippen LogP contribution in [0.5, 0.6) is 0 Å². The molecule has 4 rings (SSSR count). The van der Waals surface area contributed by atoms with Gasteiger partial charge in [0.05, 0.1) is 0 Å². The molecule has 0 spiro atoms. The third-order valence-corrected chi connectivity index (χ3v) is 4.85. The molecule has 1 aliphatic heterocycles. The smallest absolute Gasteiger partial charge is 0.0369 e. The highest BCUT2D eigenvalue weighted by Gasteiger charge is 2.37. The van der Waals surface area contributed by atoms with Crippen molar-refractivity contribution in [3.8, 4) is 0 Å². The average Bonchev–Trinajstić information content (AvgIpc) is 3.01. The Kier molecular flexibility index (Phi) is 2.58. The summed E-state index contributed by atoms with van der Waals surface area (Å²) in [5.41, 5.74) is 2.87. The van der Waals surface area contributed by atoms with E-state index < -0.39 is 0 Å². The fourth-order valence-corrected chi connectivity index (χ4v) is 3.60. The van der Waals surface area contributed by atoms with Crippen molar-refractivity contribution >= 4 is 5.69 Å². The largest absolute Gasteiger partial charge is 0.368 e. The summed E-state index contributed by atoms with van der Waals surface area (Å²) in [6.45, 7) is 2.33. The molecule has 2 atom stereocenters. The van der Waals surface area contributed by atoms with Crippen LogP contribution in [0.15, 0.2) is 24.3 Å². The Morgan fingerprint density at radius 2 is 1.89 bits per heavy atom. The van der Waals surface area contributed by atoms with E-state index in [1.54, 1.807) is 0 Å². The Hall–Kier alpha value is -1.02. The predicted molar refractivity (Wildman–Crippen MR) is 74.8 cm³/mol. The van der Waals surface area contributed by atoms with Crippen LogP contribution in [0.4, 0.5) is 5.69 Å². The number of hydrogen-bond acceptors (Lipinski definition) is 2. The molecule has 2 aliphatic carbocycles. The highest BCUT2D eigenvalue weighted by molar-refractivity contribution is 5.50. The highest BCUT2D eigenvalue weighted by Crippen LogP contribution is 2.40. The van der Waals surface area contributed by atoms with Gasteiger partial charge < -0.3 is 10.2 Å². The van der Waals surface area contributed by atoms with E-state index in [1.807, 2.05) is 0 Å². The monoisotopic (exact) mass is 242 g/mol. The van der Waals surface area contributed by atoms with E-state index in [2.05, 4.69) is 34.5 Å². The number of benzene rings is 1. The van der Waals surface area contributed by atoms with Crippen LogP contribution in [-0.2, 0) is 6.54 Å². The van der Waals surface area contributed by atoms with Gasteiger partial charge in [-0.15, -0.1) is 0 Å². The number of piperidine rings is 1. The van der Waals surface area contributed by atoms with Crippen molar-refractivity contribution in [3.63, 3.8) is 0 Å². The minimum absolute atomic E-state index is 0.805. The Morgan fingerprint density at radius 3 is 2.50 bits per heavy atom. The predicted octanol–water partition coefficient (Wildman–Crippen LogP) is 2.93. The average molecular weight is 242 g/mol. The summed E-state index contributed by atoms with van der Waals surface area (Å²) in [6.07, 6.45) is 7.05. The Morgan fingerprint density at radius 1 is 1.06 bits per heavy atom. The topological polar surface area (TPSA) is 15.3 Å². The highest BCUT2D eigenvalue weighted by atomic mass is 15.2. The van der Waals surface area contributed by atoms with Crippen molar-refractivity contribution in [2.45, 2.75) is 50.7 Å². The summed E-state index contributed by atoms with van der Waals surface area (Å²) >= 11 is 0. The van der Waals surface area contributed by atoms with Crippen molar-refractivity contribution in [2.24, 2.45) is 5.92 Å². The van der Waals surface area contributed by atoms with Gasteiger partial charge in [0.15, 0.2) is 0 Å². The number of anilines is 1. The molecule has 2 heteroatoms. The summed E-state index contributed by atoms with van der Waals surface area (Å²) in [4.78, 5) is 2.63. The van der Waals surface area contributed by atoms with Crippen LogP contribution in [0.1, 0.15) is 37.7 Å². The summed E-state index contributed by atoms with van der Waals surface area (Å²) in [7, 11) is 0. The molecule has 0 radical (unpaired) electrons. The van der Waals surface area contributed by atoms with E-state index in [0.717, 1.165) is 24.5 Å². The quantitative estimate of drug-likeness (QED) is 0.873. The molecule has 2 bridgehead atoms. The molecule has 3 aliphatic rings. The Bertz CT molecular complexity index is 421. The van der Waals surface area contributed by atoms with Crippen LogP contribution in [0.3, 0.4) is 0 Å². The molecule has 2 nitrogen and oxygen atoms in total. The first-order valence-corrected chi connectivity index (χ1v) is 7.47. The summed E-state index contributed by atoms with van der Waals surface area (Å²) in [6, 6.07) is 10.9. The maximum atomic E-state index is 3.58. The van der Waals surface area contributed by atoms with Gasteiger partial charge >= 0.3 is 0 Å². The minimum Gasteiger partial charge on any atom is -0.368 e. The minimum atomic E-state index is 0.805. The van der Waals surface area contributed by atoms with Gasteiger partial charge in [-0.2, -0.15) is 0 Å². The molecule has 0 aromatic heterocycles. The molecule has 1 saturated heterocycles. The molecule has 2 saturated carbocycles. The molecular formula is C16H22N2. The van der Waals surface area contributed by atoms with Gasteiger partial charge in [-0.05, 0) is 55.7 Å². The van der Waals surface area contributed by atoms with E-state index in [0.29, 0.717) is 0 Å². The van der Waals surface area contributed by atoms with Crippen LogP contribution < -0.4 is 10.2 Å². The van der Waals surface area contributed by atoms with Gasteiger partial charge in [-0.3, -0.25) is 0 Å². The SMILES string of the molecule is c1cc(N2CC3CCC2C3)ccc1CNC1CC1. The molecule has 3 fully saturated rings. The number of rotatable bonds is 4. The second kappa shape index (κ2) is 4.27. The van der Waals surface area contributed by atoms with E-state index >= 15 is 0 Å². The van der Waals surface area contributed by atoms with E-state index in [9.17, 15) is 0 Å². The van der Waals surface area contributed by atoms with Crippen LogP contribution in [0, 0.1) is 5.92 Å². The second-order valence-electron chi connectivity index (χ2n) is 6.31. The lowest BCUT2D eigenvalue weighted by molar-refractivity contribution is 0.553. The fraction of sp³-hybridized carbons (Fsp3) is 0.625. The van der Waals surface area contributed by atoms with Crippen LogP contribution in [0.2, 0.25) is 0 Å². The maximum Gasteiger partial charge on any atom is 0.0369 e. The molecule has 1 N–H and O–H groups in total. The zero-order chi connectivity index (χ0) is 11.9. The zero-order valence-electron chi connectivity index (χ0n) is 10.9. The van der Waals surface area contributed by atoms with Gasteiger partial charge in [0, 0.05) is 30.9 Å². The Balaban J connectivity index is 1.42. The number of nitrogens with one attached hydrogen (secondary N) is 1. The van der Waals surface area contributed by atoms with Crippen LogP contribution in [-0.4, -0.2) is 18.6 Å². The molecule has 1 heterocycles. The summed E-state index contributed by atoms with van der Waals surface area (Å²) in [5.74, 6) is 0.978. The number of nitrogens with zero attached hydrogens (tertiary/aromatic N) is 1. The van der Waals surface area contributed by atoms with Gasteiger partial charge in [-0.25, -0.2) is 0 Å². The van der Waals surface area contributed by atoms with Gasteiger partial charge in [-0.1, -0.05) is 12.1 Å². The normalized spacial score (nSPS) is 30.1. The number of fused-ring (bicyclic) bond motifs is 2. The van der Waals surface area contributed by atoms with E-state index in [4.69, 9.17) is 0 Å². The van der Waals surface area contributed by atoms with Crippen molar-refractivity contribution < 1.29 is 0 Å². The standard InChI is InChI=1S/C16H22N2/c1-6-15(18-11-13-3-8-16(18)9-13)7-2-12(1)10-17-14-4-5-14/h1-2,6-7,13-14,16-17H,3-5,8-11H2. The maximum absolute atomic E-state index is 3.58. The van der Waals surface area contributed by atoms with Crippen molar-refractivity contribution in [1.82, 2.24) is 5.32 Å². The third kappa shape index (κ3) is 2.03. The molecule has 96 valence electrons. The molecule has 18 heavy (non-hydrogen) atoms. The molecule has 1 aromatic rings. The van der Waals surface area contributed by atoms with E-state index in [-0.39, 0.29) is 0 Å². The van der Waals surface area contributed by atoms with Gasteiger partial charge in [0.2, 0.25) is 0 Å². The van der Waals surface area contributed by atoms with Gasteiger partial charge in [0.1, 0.15) is 0 Å². The first kappa shape index (κ1) is 10.9. The lowest BCUT2D eigenvalue weighted by Crippen LogP contribution is -2.31. The zero-order valence-corrected chi connectivity index (χ0v) is 10.9. The molecule has 0 amide bonds. The Labute approximate surface area is 109 Å².